The second kappa shape index (κ2) is 4.39. The maximum Gasteiger partial charge on any atom is 0.267 e. The summed E-state index contributed by atoms with van der Waals surface area (Å²) in [6.07, 6.45) is 6.84. The predicted molar refractivity (Wildman–Crippen MR) is 75.5 cm³/mol. The summed E-state index contributed by atoms with van der Waals surface area (Å²) in [5.74, 6) is -0.511. The summed E-state index contributed by atoms with van der Waals surface area (Å²) in [5, 5.41) is 4.22. The van der Waals surface area contributed by atoms with Gasteiger partial charge in [0.15, 0.2) is 0 Å². The van der Waals surface area contributed by atoms with Crippen molar-refractivity contribution in [2.75, 3.05) is 0 Å². The highest BCUT2D eigenvalue weighted by atomic mass is 16.5. The molecule has 2 N–H and O–H groups in total. The fraction of sp³-hybridized carbons (Fsp3) is 0.400. The number of carbonyl (C=O) groups is 1. The van der Waals surface area contributed by atoms with Crippen LogP contribution in [0.5, 0.6) is 0 Å². The minimum Gasteiger partial charge on any atom is -0.368 e. The summed E-state index contributed by atoms with van der Waals surface area (Å²) in [5.41, 5.74) is 9.76. The van der Waals surface area contributed by atoms with E-state index in [2.05, 4.69) is 10.1 Å². The van der Waals surface area contributed by atoms with Gasteiger partial charge in [0, 0.05) is 25.2 Å². The largest absolute Gasteiger partial charge is 0.368 e. The first-order chi connectivity index (χ1) is 10.1. The van der Waals surface area contributed by atoms with Gasteiger partial charge in [-0.1, -0.05) is 0 Å². The number of aryl methyl sites for hydroxylation is 1. The lowest BCUT2D eigenvalue weighted by molar-refractivity contribution is 0.0295. The van der Waals surface area contributed by atoms with Crippen LogP contribution in [0.2, 0.25) is 0 Å². The molecule has 108 valence electrons. The fourth-order valence-corrected chi connectivity index (χ4v) is 3.30. The molecule has 0 aliphatic carbocycles. The van der Waals surface area contributed by atoms with Crippen LogP contribution >= 0.6 is 0 Å². The van der Waals surface area contributed by atoms with Crippen LogP contribution in [0, 0.1) is 0 Å². The van der Waals surface area contributed by atoms with Gasteiger partial charge in [-0.3, -0.25) is 9.48 Å². The Hall–Kier alpha value is -2.21. The number of ether oxygens (including phenoxy) is 1. The number of hydrogen-bond donors (Lipinski definition) is 1. The van der Waals surface area contributed by atoms with Gasteiger partial charge in [-0.25, -0.2) is 4.98 Å². The van der Waals surface area contributed by atoms with E-state index >= 15 is 0 Å². The molecule has 2 aliphatic rings. The minimum absolute atomic E-state index is 0.00604. The third kappa shape index (κ3) is 1.94. The molecule has 21 heavy (non-hydrogen) atoms. The van der Waals surface area contributed by atoms with Crippen LogP contribution in [0.3, 0.4) is 0 Å². The van der Waals surface area contributed by atoms with Crippen molar-refractivity contribution in [2.24, 2.45) is 12.8 Å². The first kappa shape index (κ1) is 12.5. The van der Waals surface area contributed by atoms with E-state index in [4.69, 9.17) is 10.5 Å². The molecule has 0 radical (unpaired) electrons. The number of amides is 1. The lowest BCUT2D eigenvalue weighted by Crippen LogP contribution is -2.23. The molecular weight excluding hydrogens is 268 g/mol. The van der Waals surface area contributed by atoms with Crippen molar-refractivity contribution < 1.29 is 9.53 Å². The Bertz CT molecular complexity index is 737. The molecule has 0 saturated carbocycles. The molecule has 1 fully saturated rings. The highest BCUT2D eigenvalue weighted by molar-refractivity contribution is 5.92. The highest BCUT2D eigenvalue weighted by Gasteiger charge is 2.37. The zero-order valence-corrected chi connectivity index (χ0v) is 11.7. The normalized spacial score (nSPS) is 23.1. The van der Waals surface area contributed by atoms with Gasteiger partial charge < -0.3 is 10.5 Å². The topological polar surface area (TPSA) is 83.0 Å². The first-order valence-electron chi connectivity index (χ1n) is 7.10. The van der Waals surface area contributed by atoms with Crippen LogP contribution < -0.4 is 5.73 Å². The van der Waals surface area contributed by atoms with Gasteiger partial charge in [0.25, 0.3) is 5.91 Å². The molecule has 0 aromatic carbocycles. The van der Waals surface area contributed by atoms with E-state index in [9.17, 15) is 4.79 Å². The number of nitrogens with two attached hydrogens (primary N) is 1. The Morgan fingerprint density at radius 1 is 1.48 bits per heavy atom. The van der Waals surface area contributed by atoms with Crippen LogP contribution in [0.4, 0.5) is 0 Å². The first-order valence-corrected chi connectivity index (χ1v) is 7.10. The van der Waals surface area contributed by atoms with E-state index in [-0.39, 0.29) is 12.2 Å². The quantitative estimate of drug-likeness (QED) is 0.902. The maximum atomic E-state index is 11.6. The molecule has 4 heterocycles. The van der Waals surface area contributed by atoms with Crippen molar-refractivity contribution in [3.8, 4) is 11.1 Å². The second-order valence-corrected chi connectivity index (χ2v) is 5.71. The van der Waals surface area contributed by atoms with Crippen LogP contribution in [-0.4, -0.2) is 26.8 Å². The molecule has 2 atom stereocenters. The number of aromatic nitrogens is 3. The molecule has 4 rings (SSSR count). The zero-order chi connectivity index (χ0) is 14.6. The number of fused-ring (bicyclic) bond motifs is 4. The van der Waals surface area contributed by atoms with Gasteiger partial charge in [0.05, 0.1) is 18.0 Å². The van der Waals surface area contributed by atoms with Gasteiger partial charge in [-0.15, -0.1) is 0 Å². The number of carbonyl (C=O) groups excluding carboxylic acids is 1. The van der Waals surface area contributed by atoms with Gasteiger partial charge in [-0.2, -0.15) is 5.10 Å². The molecule has 1 amide bonds. The Kier molecular flexibility index (Phi) is 2.62. The van der Waals surface area contributed by atoms with Gasteiger partial charge in [0.2, 0.25) is 0 Å². The monoisotopic (exact) mass is 284 g/mol. The summed E-state index contributed by atoms with van der Waals surface area (Å²) in [6, 6.07) is 1.78. The predicted octanol–water partition coefficient (Wildman–Crippen LogP) is 1.36. The van der Waals surface area contributed by atoms with E-state index in [1.54, 1.807) is 16.9 Å². The number of nitrogens with zero attached hydrogens (tertiary/aromatic N) is 3. The van der Waals surface area contributed by atoms with Crippen LogP contribution in [0.25, 0.3) is 11.1 Å². The van der Waals surface area contributed by atoms with Crippen molar-refractivity contribution in [2.45, 2.75) is 31.5 Å². The summed E-state index contributed by atoms with van der Waals surface area (Å²) in [4.78, 5) is 16.0. The molecule has 0 spiro atoms. The van der Waals surface area contributed by atoms with Gasteiger partial charge in [-0.05, 0) is 30.0 Å². The SMILES string of the molecule is Cn1cc(-c2cc(C(N)=O)nc3c2C[C@@H]2CC[C@@H]3O2)cn1. The van der Waals surface area contributed by atoms with Crippen molar-refractivity contribution in [3.05, 3.63) is 35.4 Å². The average Bonchev–Trinajstić information content (AvgIpc) is 3.05. The average molecular weight is 284 g/mol. The number of primary amides is 1. The second-order valence-electron chi connectivity index (χ2n) is 5.71. The summed E-state index contributed by atoms with van der Waals surface area (Å²) >= 11 is 0. The molecule has 0 unspecified atom stereocenters. The molecule has 2 aliphatic heterocycles. The van der Waals surface area contributed by atoms with E-state index < -0.39 is 5.91 Å². The van der Waals surface area contributed by atoms with E-state index in [1.165, 1.54) is 5.56 Å². The fourth-order valence-electron chi connectivity index (χ4n) is 3.30. The molecule has 6 heteroatoms. The lowest BCUT2D eigenvalue weighted by atomic mass is 9.94. The van der Waals surface area contributed by atoms with Crippen LogP contribution in [-0.2, 0) is 18.2 Å². The molecule has 2 aromatic rings. The summed E-state index contributed by atoms with van der Waals surface area (Å²) in [7, 11) is 1.87. The molecule has 2 aromatic heterocycles. The number of hydrogen-bond acceptors (Lipinski definition) is 4. The minimum atomic E-state index is -0.511. The van der Waals surface area contributed by atoms with Crippen molar-refractivity contribution in [3.63, 3.8) is 0 Å². The smallest absolute Gasteiger partial charge is 0.267 e. The maximum absolute atomic E-state index is 11.6. The molecular formula is C15H16N4O2. The Balaban J connectivity index is 1.95. The lowest BCUT2D eigenvalue weighted by Gasteiger charge is -2.25. The summed E-state index contributed by atoms with van der Waals surface area (Å²) < 4.78 is 7.67. The number of pyridine rings is 1. The molecule has 6 nitrogen and oxygen atoms in total. The third-order valence-corrected chi connectivity index (χ3v) is 4.27. The Morgan fingerprint density at radius 2 is 2.33 bits per heavy atom. The Labute approximate surface area is 121 Å². The Morgan fingerprint density at radius 3 is 3.05 bits per heavy atom. The zero-order valence-electron chi connectivity index (χ0n) is 11.7. The van der Waals surface area contributed by atoms with Crippen LogP contribution in [0.15, 0.2) is 18.5 Å². The summed E-state index contributed by atoms with van der Waals surface area (Å²) in [6.45, 7) is 0. The highest BCUT2D eigenvalue weighted by Crippen LogP contribution is 2.43. The van der Waals surface area contributed by atoms with E-state index in [1.807, 2.05) is 13.2 Å². The van der Waals surface area contributed by atoms with E-state index in [0.29, 0.717) is 5.69 Å². The third-order valence-electron chi connectivity index (χ3n) is 4.27. The standard InChI is InChI=1S/C15H16N4O2/c1-19-7-8(6-17-19)10-5-12(15(16)20)18-14-11(10)4-9-2-3-13(14)21-9/h5-7,9,13H,2-4H2,1H3,(H2,16,20)/t9-,13-/m0/s1. The van der Waals surface area contributed by atoms with Crippen molar-refractivity contribution >= 4 is 5.91 Å². The number of rotatable bonds is 2. The molecule has 2 bridgehead atoms. The van der Waals surface area contributed by atoms with Gasteiger partial charge >= 0.3 is 0 Å². The van der Waals surface area contributed by atoms with E-state index in [0.717, 1.165) is 36.1 Å². The van der Waals surface area contributed by atoms with Crippen LogP contribution in [0.1, 0.15) is 40.7 Å². The van der Waals surface area contributed by atoms with Gasteiger partial charge in [0.1, 0.15) is 11.8 Å². The van der Waals surface area contributed by atoms with Crippen molar-refractivity contribution in [1.29, 1.82) is 0 Å². The van der Waals surface area contributed by atoms with Crippen molar-refractivity contribution in [1.82, 2.24) is 14.8 Å². The molecule has 1 saturated heterocycles.